The first-order valence-electron chi connectivity index (χ1n) is 8.55. The molecular weight excluding hydrogens is 258 g/mol. The lowest BCUT2D eigenvalue weighted by molar-refractivity contribution is 0.255. The summed E-state index contributed by atoms with van der Waals surface area (Å²) in [4.78, 5) is 0. The third-order valence-electron chi connectivity index (χ3n) is 4.53. The molecule has 1 aromatic carbocycles. The second-order valence-corrected chi connectivity index (χ2v) is 7.12. The summed E-state index contributed by atoms with van der Waals surface area (Å²) >= 11 is 0. The Kier molecular flexibility index (Phi) is 6.10. The SMILES string of the molecule is CCCCCC(C)(C)CNCC1CCOc2ccccc21. The Morgan fingerprint density at radius 2 is 2.05 bits per heavy atom. The average molecular weight is 289 g/mol. The minimum atomic E-state index is 0.403. The van der Waals surface area contributed by atoms with Gasteiger partial charge in [0.15, 0.2) is 0 Å². The van der Waals surface area contributed by atoms with E-state index in [0.29, 0.717) is 11.3 Å². The van der Waals surface area contributed by atoms with Crippen LogP contribution in [0.15, 0.2) is 24.3 Å². The van der Waals surface area contributed by atoms with Gasteiger partial charge in [-0.3, -0.25) is 0 Å². The van der Waals surface area contributed by atoms with Crippen LogP contribution in [0.1, 0.15) is 64.4 Å². The fourth-order valence-corrected chi connectivity index (χ4v) is 3.15. The summed E-state index contributed by atoms with van der Waals surface area (Å²) in [6.45, 7) is 10.1. The molecule has 1 atom stereocenters. The Morgan fingerprint density at radius 3 is 2.86 bits per heavy atom. The van der Waals surface area contributed by atoms with Gasteiger partial charge in [0.25, 0.3) is 0 Å². The number of para-hydroxylation sites is 1. The molecule has 0 saturated heterocycles. The van der Waals surface area contributed by atoms with Gasteiger partial charge < -0.3 is 10.1 Å². The molecule has 0 fully saturated rings. The van der Waals surface area contributed by atoms with E-state index in [2.05, 4.69) is 50.4 Å². The number of rotatable bonds is 8. The summed E-state index contributed by atoms with van der Waals surface area (Å²) in [6, 6.07) is 8.49. The Bertz CT molecular complexity index is 427. The van der Waals surface area contributed by atoms with E-state index in [1.165, 1.54) is 31.2 Å². The van der Waals surface area contributed by atoms with Gasteiger partial charge in [0, 0.05) is 19.0 Å². The number of benzene rings is 1. The Morgan fingerprint density at radius 1 is 1.24 bits per heavy atom. The monoisotopic (exact) mass is 289 g/mol. The van der Waals surface area contributed by atoms with E-state index in [-0.39, 0.29) is 0 Å². The molecule has 1 unspecified atom stereocenters. The smallest absolute Gasteiger partial charge is 0.122 e. The highest BCUT2D eigenvalue weighted by atomic mass is 16.5. The van der Waals surface area contributed by atoms with Crippen LogP contribution in [0.4, 0.5) is 0 Å². The molecule has 0 bridgehead atoms. The van der Waals surface area contributed by atoms with E-state index in [1.54, 1.807) is 0 Å². The minimum Gasteiger partial charge on any atom is -0.493 e. The van der Waals surface area contributed by atoms with Crippen LogP contribution in [0.25, 0.3) is 0 Å². The van der Waals surface area contributed by atoms with E-state index >= 15 is 0 Å². The maximum Gasteiger partial charge on any atom is 0.122 e. The van der Waals surface area contributed by atoms with Gasteiger partial charge in [0.2, 0.25) is 0 Å². The molecule has 0 aromatic heterocycles. The molecule has 0 saturated carbocycles. The third-order valence-corrected chi connectivity index (χ3v) is 4.53. The van der Waals surface area contributed by atoms with E-state index in [9.17, 15) is 0 Å². The molecule has 0 aliphatic carbocycles. The fourth-order valence-electron chi connectivity index (χ4n) is 3.15. The summed E-state index contributed by atoms with van der Waals surface area (Å²) < 4.78 is 5.74. The van der Waals surface area contributed by atoms with Gasteiger partial charge in [0.05, 0.1) is 6.61 Å². The molecule has 0 spiro atoms. The van der Waals surface area contributed by atoms with Crippen LogP contribution in [-0.4, -0.2) is 19.7 Å². The maximum atomic E-state index is 5.74. The van der Waals surface area contributed by atoms with Crippen molar-refractivity contribution in [3.63, 3.8) is 0 Å². The van der Waals surface area contributed by atoms with Gasteiger partial charge in [-0.05, 0) is 29.9 Å². The molecule has 2 nitrogen and oxygen atoms in total. The van der Waals surface area contributed by atoms with Crippen molar-refractivity contribution in [2.24, 2.45) is 5.41 Å². The van der Waals surface area contributed by atoms with Crippen LogP contribution in [0.3, 0.4) is 0 Å². The first-order chi connectivity index (χ1) is 10.1. The molecule has 2 heteroatoms. The lowest BCUT2D eigenvalue weighted by Crippen LogP contribution is -2.33. The molecule has 1 aromatic rings. The lowest BCUT2D eigenvalue weighted by Gasteiger charge is -2.29. The highest BCUT2D eigenvalue weighted by Crippen LogP contribution is 2.33. The predicted molar refractivity (Wildman–Crippen MR) is 90.1 cm³/mol. The van der Waals surface area contributed by atoms with Crippen LogP contribution >= 0.6 is 0 Å². The van der Waals surface area contributed by atoms with E-state index in [1.807, 2.05) is 0 Å². The predicted octanol–water partition coefficient (Wildman–Crippen LogP) is 4.75. The molecule has 0 amide bonds. The van der Waals surface area contributed by atoms with Crippen LogP contribution in [0.5, 0.6) is 5.75 Å². The molecule has 2 rings (SSSR count). The second kappa shape index (κ2) is 7.84. The van der Waals surface area contributed by atoms with E-state index in [4.69, 9.17) is 4.74 Å². The van der Waals surface area contributed by atoms with E-state index < -0.39 is 0 Å². The zero-order valence-electron chi connectivity index (χ0n) is 14.0. The summed E-state index contributed by atoms with van der Waals surface area (Å²) in [5.41, 5.74) is 1.78. The van der Waals surface area contributed by atoms with Crippen molar-refractivity contribution in [3.05, 3.63) is 29.8 Å². The number of hydrogen-bond donors (Lipinski definition) is 1. The van der Waals surface area contributed by atoms with Crippen LogP contribution < -0.4 is 10.1 Å². The van der Waals surface area contributed by atoms with Crippen molar-refractivity contribution in [1.29, 1.82) is 0 Å². The number of unbranched alkanes of at least 4 members (excludes halogenated alkanes) is 2. The van der Waals surface area contributed by atoms with Crippen molar-refractivity contribution in [2.75, 3.05) is 19.7 Å². The largest absolute Gasteiger partial charge is 0.493 e. The highest BCUT2D eigenvalue weighted by Gasteiger charge is 2.22. The molecule has 1 N–H and O–H groups in total. The molecule has 0 radical (unpaired) electrons. The lowest BCUT2D eigenvalue weighted by atomic mass is 9.86. The maximum absolute atomic E-state index is 5.74. The normalized spacial score (nSPS) is 18.1. The molecule has 118 valence electrons. The van der Waals surface area contributed by atoms with Gasteiger partial charge >= 0.3 is 0 Å². The summed E-state index contributed by atoms with van der Waals surface area (Å²) in [6.07, 6.45) is 6.46. The zero-order valence-corrected chi connectivity index (χ0v) is 14.0. The quantitative estimate of drug-likeness (QED) is 0.697. The highest BCUT2D eigenvalue weighted by molar-refractivity contribution is 5.37. The molecule has 1 heterocycles. The topological polar surface area (TPSA) is 21.3 Å². The van der Waals surface area contributed by atoms with Gasteiger partial charge in [-0.1, -0.05) is 58.2 Å². The van der Waals surface area contributed by atoms with Crippen molar-refractivity contribution in [1.82, 2.24) is 5.32 Å². The van der Waals surface area contributed by atoms with Gasteiger partial charge in [-0.25, -0.2) is 0 Å². The fraction of sp³-hybridized carbons (Fsp3) is 0.684. The Labute approximate surface area is 130 Å². The molecule has 1 aliphatic rings. The number of hydrogen-bond acceptors (Lipinski definition) is 2. The first kappa shape index (κ1) is 16.4. The zero-order chi connectivity index (χ0) is 15.1. The minimum absolute atomic E-state index is 0.403. The summed E-state index contributed by atoms with van der Waals surface area (Å²) in [5, 5.41) is 3.71. The Hall–Kier alpha value is -1.02. The van der Waals surface area contributed by atoms with Gasteiger partial charge in [0.1, 0.15) is 5.75 Å². The third kappa shape index (κ3) is 5.03. The Balaban J connectivity index is 1.79. The molecule has 21 heavy (non-hydrogen) atoms. The van der Waals surface area contributed by atoms with Crippen molar-refractivity contribution < 1.29 is 4.74 Å². The number of fused-ring (bicyclic) bond motifs is 1. The summed E-state index contributed by atoms with van der Waals surface area (Å²) in [7, 11) is 0. The second-order valence-electron chi connectivity index (χ2n) is 7.12. The summed E-state index contributed by atoms with van der Waals surface area (Å²) in [5.74, 6) is 1.68. The van der Waals surface area contributed by atoms with Crippen molar-refractivity contribution in [3.8, 4) is 5.75 Å². The molecule has 1 aliphatic heterocycles. The number of nitrogens with one attached hydrogen (secondary N) is 1. The van der Waals surface area contributed by atoms with E-state index in [0.717, 1.165) is 31.9 Å². The first-order valence-corrected chi connectivity index (χ1v) is 8.55. The molecular formula is C19H31NO. The standard InChI is InChI=1S/C19H31NO/c1-4-5-8-12-19(2,3)15-20-14-16-11-13-21-18-10-7-6-9-17(16)18/h6-7,9-10,16,20H,4-5,8,11-15H2,1-3H3. The van der Waals surface area contributed by atoms with Crippen LogP contribution in [-0.2, 0) is 0 Å². The van der Waals surface area contributed by atoms with Crippen LogP contribution in [0, 0.1) is 5.41 Å². The van der Waals surface area contributed by atoms with Crippen LogP contribution in [0.2, 0.25) is 0 Å². The van der Waals surface area contributed by atoms with Crippen molar-refractivity contribution in [2.45, 2.75) is 58.8 Å². The van der Waals surface area contributed by atoms with Gasteiger partial charge in [-0.2, -0.15) is 0 Å². The van der Waals surface area contributed by atoms with Crippen molar-refractivity contribution >= 4 is 0 Å². The van der Waals surface area contributed by atoms with Gasteiger partial charge in [-0.15, -0.1) is 0 Å². The number of ether oxygens (including phenoxy) is 1. The average Bonchev–Trinajstić information content (AvgIpc) is 2.47.